The monoisotopic (exact) mass is 404 g/mol. The normalized spacial score (nSPS) is 18.2. The average Bonchev–Trinajstić information content (AvgIpc) is 3.12. The topological polar surface area (TPSA) is 88.3 Å². The lowest BCUT2D eigenvalue weighted by atomic mass is 9.95. The van der Waals surface area contributed by atoms with E-state index in [0.717, 1.165) is 12.8 Å². The first-order chi connectivity index (χ1) is 13.4. The smallest absolute Gasteiger partial charge is 0.253 e. The first-order valence-corrected chi connectivity index (χ1v) is 9.89. The number of halogens is 1. The Hall–Kier alpha value is -2.41. The van der Waals surface area contributed by atoms with Gasteiger partial charge in [-0.3, -0.25) is 9.59 Å². The van der Waals surface area contributed by atoms with Gasteiger partial charge in [-0.05, 0) is 37.8 Å². The summed E-state index contributed by atoms with van der Waals surface area (Å²) in [5.41, 5.74) is 0.362. The minimum absolute atomic E-state index is 0.0194. The Labute approximate surface area is 169 Å². The summed E-state index contributed by atoms with van der Waals surface area (Å²) in [6.45, 7) is 6.76. The van der Waals surface area contributed by atoms with Crippen LogP contribution in [0.2, 0.25) is 5.02 Å². The predicted molar refractivity (Wildman–Crippen MR) is 105 cm³/mol. The fraction of sp³-hybridized carbons (Fsp3) is 0.500. The number of carbonyl (C=O) groups excluding carboxylic acids is 2. The summed E-state index contributed by atoms with van der Waals surface area (Å²) in [4.78, 5) is 31.9. The molecular weight excluding hydrogens is 380 g/mol. The van der Waals surface area contributed by atoms with Crippen molar-refractivity contribution < 1.29 is 14.1 Å². The lowest BCUT2D eigenvalue weighted by molar-refractivity contribution is -0.135. The van der Waals surface area contributed by atoms with E-state index in [9.17, 15) is 9.59 Å². The number of amides is 2. The second kappa shape index (κ2) is 8.73. The Morgan fingerprint density at radius 1 is 1.32 bits per heavy atom. The molecule has 2 aromatic rings. The second-order valence-electron chi connectivity index (χ2n) is 7.48. The zero-order chi connectivity index (χ0) is 20.3. The highest BCUT2D eigenvalue weighted by Crippen LogP contribution is 2.26. The lowest BCUT2D eigenvalue weighted by Gasteiger charge is -2.35. The number of benzene rings is 1. The van der Waals surface area contributed by atoms with Crippen LogP contribution in [0.15, 0.2) is 28.8 Å². The van der Waals surface area contributed by atoms with Crippen LogP contribution in [-0.4, -0.2) is 46.0 Å². The van der Waals surface area contributed by atoms with Crippen molar-refractivity contribution in [2.75, 3.05) is 13.1 Å². The van der Waals surface area contributed by atoms with Gasteiger partial charge >= 0.3 is 0 Å². The van der Waals surface area contributed by atoms with Crippen molar-refractivity contribution in [3.8, 4) is 0 Å². The molecule has 2 amide bonds. The van der Waals surface area contributed by atoms with E-state index in [1.807, 2.05) is 13.8 Å². The Bertz CT molecular complexity index is 851. The summed E-state index contributed by atoms with van der Waals surface area (Å²) in [7, 11) is 0. The molecule has 2 unspecified atom stereocenters. The minimum atomic E-state index is -0.632. The van der Waals surface area contributed by atoms with E-state index in [0.29, 0.717) is 35.4 Å². The number of aryl methyl sites for hydroxylation is 1. The summed E-state index contributed by atoms with van der Waals surface area (Å²) in [6.07, 6.45) is 1.74. The fourth-order valence-corrected chi connectivity index (χ4v) is 3.65. The van der Waals surface area contributed by atoms with Crippen LogP contribution >= 0.6 is 11.6 Å². The van der Waals surface area contributed by atoms with Crippen molar-refractivity contribution in [3.05, 3.63) is 46.6 Å². The fourth-order valence-electron chi connectivity index (χ4n) is 3.43. The van der Waals surface area contributed by atoms with E-state index >= 15 is 0 Å². The number of hydrogen-bond donors (Lipinski definition) is 1. The van der Waals surface area contributed by atoms with Gasteiger partial charge in [-0.1, -0.05) is 42.7 Å². The number of carbonyl (C=O) groups is 2. The van der Waals surface area contributed by atoms with Crippen LogP contribution in [0, 0.1) is 12.8 Å². The Morgan fingerprint density at radius 2 is 2.07 bits per heavy atom. The van der Waals surface area contributed by atoms with E-state index < -0.39 is 6.04 Å². The maximum atomic E-state index is 13.2. The molecule has 1 aliphatic heterocycles. The molecule has 2 heterocycles. The maximum Gasteiger partial charge on any atom is 0.253 e. The molecule has 0 bridgehead atoms. The summed E-state index contributed by atoms with van der Waals surface area (Å²) in [5, 5.41) is 7.07. The number of aromatic nitrogens is 2. The van der Waals surface area contributed by atoms with Crippen molar-refractivity contribution >= 4 is 23.4 Å². The van der Waals surface area contributed by atoms with Crippen molar-refractivity contribution in [3.63, 3.8) is 0 Å². The van der Waals surface area contributed by atoms with Gasteiger partial charge in [-0.15, -0.1) is 0 Å². The van der Waals surface area contributed by atoms with Gasteiger partial charge in [0.2, 0.25) is 11.8 Å². The molecule has 8 heteroatoms. The predicted octanol–water partition coefficient (Wildman–Crippen LogP) is 3.19. The third kappa shape index (κ3) is 4.52. The summed E-state index contributed by atoms with van der Waals surface area (Å²) >= 11 is 6.12. The molecule has 0 saturated carbocycles. The molecule has 1 aromatic carbocycles. The number of nitrogens with zero attached hydrogens (tertiary/aromatic N) is 3. The Kier molecular flexibility index (Phi) is 6.34. The molecule has 7 nitrogen and oxygen atoms in total. The number of hydrogen-bond acceptors (Lipinski definition) is 5. The summed E-state index contributed by atoms with van der Waals surface area (Å²) in [6, 6.07) is 6.18. The van der Waals surface area contributed by atoms with Crippen LogP contribution in [0.3, 0.4) is 0 Å². The van der Waals surface area contributed by atoms with Gasteiger partial charge in [0.15, 0.2) is 5.82 Å². The van der Waals surface area contributed by atoms with Gasteiger partial charge < -0.3 is 14.7 Å². The molecule has 1 fully saturated rings. The summed E-state index contributed by atoms with van der Waals surface area (Å²) < 4.78 is 5.29. The van der Waals surface area contributed by atoms with Crippen LogP contribution in [0.5, 0.6) is 0 Å². The molecule has 1 N–H and O–H groups in total. The van der Waals surface area contributed by atoms with Gasteiger partial charge in [0.05, 0.1) is 16.5 Å². The van der Waals surface area contributed by atoms with E-state index in [4.69, 9.17) is 16.1 Å². The SMILES string of the molecule is Cc1noc(C2CCCN(C(=O)C(NC(=O)c3ccccc3Cl)C(C)C)C2)n1. The van der Waals surface area contributed by atoms with Gasteiger partial charge in [0.25, 0.3) is 5.91 Å². The van der Waals surface area contributed by atoms with Crippen molar-refractivity contribution in [1.82, 2.24) is 20.4 Å². The molecule has 0 spiro atoms. The largest absolute Gasteiger partial charge is 0.340 e. The first-order valence-electron chi connectivity index (χ1n) is 9.51. The highest BCUT2D eigenvalue weighted by molar-refractivity contribution is 6.33. The van der Waals surface area contributed by atoms with Crippen LogP contribution < -0.4 is 5.32 Å². The first kappa shape index (κ1) is 20.3. The standard InChI is InChI=1S/C20H25ClN4O3/c1-12(2)17(23-18(26)15-8-4-5-9-16(15)21)20(27)25-10-6-7-14(11-25)19-22-13(3)24-28-19/h4-5,8-9,12,14,17H,6-7,10-11H2,1-3H3,(H,23,26). The third-order valence-electron chi connectivity index (χ3n) is 4.96. The number of likely N-dealkylation sites (tertiary alicyclic amines) is 1. The van der Waals surface area contributed by atoms with Gasteiger partial charge in [0.1, 0.15) is 6.04 Å². The van der Waals surface area contributed by atoms with E-state index in [2.05, 4.69) is 15.5 Å². The summed E-state index contributed by atoms with van der Waals surface area (Å²) in [5.74, 6) is 0.660. The number of piperidine rings is 1. The zero-order valence-electron chi connectivity index (χ0n) is 16.3. The van der Waals surface area contributed by atoms with E-state index in [1.165, 1.54) is 0 Å². The molecule has 1 aliphatic rings. The molecule has 0 aliphatic carbocycles. The third-order valence-corrected chi connectivity index (χ3v) is 5.29. The zero-order valence-corrected chi connectivity index (χ0v) is 17.1. The maximum absolute atomic E-state index is 13.2. The molecule has 3 rings (SSSR count). The van der Waals surface area contributed by atoms with E-state index in [-0.39, 0.29) is 23.7 Å². The van der Waals surface area contributed by atoms with Gasteiger partial charge in [0, 0.05) is 13.1 Å². The van der Waals surface area contributed by atoms with E-state index in [1.54, 1.807) is 36.1 Å². The van der Waals surface area contributed by atoms with Crippen LogP contribution in [0.4, 0.5) is 0 Å². The van der Waals surface area contributed by atoms with Crippen LogP contribution in [0.25, 0.3) is 0 Å². The Morgan fingerprint density at radius 3 is 2.71 bits per heavy atom. The van der Waals surface area contributed by atoms with Gasteiger partial charge in [-0.25, -0.2) is 0 Å². The average molecular weight is 405 g/mol. The van der Waals surface area contributed by atoms with Crippen LogP contribution in [-0.2, 0) is 4.79 Å². The number of nitrogens with one attached hydrogen (secondary N) is 1. The Balaban J connectivity index is 1.72. The van der Waals surface area contributed by atoms with Crippen molar-refractivity contribution in [1.29, 1.82) is 0 Å². The molecule has 0 radical (unpaired) electrons. The minimum Gasteiger partial charge on any atom is -0.340 e. The molecular formula is C20H25ClN4O3. The van der Waals surface area contributed by atoms with Gasteiger partial charge in [-0.2, -0.15) is 4.98 Å². The molecule has 28 heavy (non-hydrogen) atoms. The van der Waals surface area contributed by atoms with Crippen LogP contribution in [0.1, 0.15) is 54.7 Å². The molecule has 1 saturated heterocycles. The highest BCUT2D eigenvalue weighted by Gasteiger charge is 2.34. The lowest BCUT2D eigenvalue weighted by Crippen LogP contribution is -2.53. The van der Waals surface area contributed by atoms with Crippen molar-refractivity contribution in [2.24, 2.45) is 5.92 Å². The number of rotatable bonds is 5. The highest BCUT2D eigenvalue weighted by atomic mass is 35.5. The second-order valence-corrected chi connectivity index (χ2v) is 7.89. The molecule has 150 valence electrons. The molecule has 1 aromatic heterocycles. The molecule has 2 atom stereocenters. The van der Waals surface area contributed by atoms with Crippen molar-refractivity contribution in [2.45, 2.75) is 45.6 Å². The quantitative estimate of drug-likeness (QED) is 0.826.